The van der Waals surface area contributed by atoms with Crippen LogP contribution in [-0.4, -0.2) is 39.7 Å². The molecule has 0 radical (unpaired) electrons. The summed E-state index contributed by atoms with van der Waals surface area (Å²) < 4.78 is 0. The normalized spacial score (nSPS) is 18.7. The molecule has 27 heavy (non-hydrogen) atoms. The summed E-state index contributed by atoms with van der Waals surface area (Å²) in [5.74, 6) is -1.78. The van der Waals surface area contributed by atoms with Crippen LogP contribution < -0.4 is 5.73 Å². The molecule has 138 valence electrons. The fourth-order valence-corrected chi connectivity index (χ4v) is 3.16. The van der Waals surface area contributed by atoms with Gasteiger partial charge in [0.1, 0.15) is 5.76 Å². The summed E-state index contributed by atoms with van der Waals surface area (Å²) in [6, 6.07) is 13.2. The van der Waals surface area contributed by atoms with Gasteiger partial charge in [0.15, 0.2) is 0 Å². The Morgan fingerprint density at radius 1 is 1.11 bits per heavy atom. The van der Waals surface area contributed by atoms with E-state index in [-0.39, 0.29) is 23.6 Å². The number of hydrogen-bond acceptors (Lipinski definition) is 5. The number of rotatable bonds is 5. The van der Waals surface area contributed by atoms with Gasteiger partial charge in [0, 0.05) is 17.7 Å². The molecule has 1 saturated heterocycles. The molecule has 0 aliphatic carbocycles. The largest absolute Gasteiger partial charge is 0.507 e. The third-order valence-corrected chi connectivity index (χ3v) is 4.41. The molecule has 1 atom stereocenters. The second-order valence-electron chi connectivity index (χ2n) is 6.06. The number of quaternary nitrogens is 1. The second kappa shape index (κ2) is 7.38. The number of carbonyl (C=O) groups is 2. The lowest BCUT2D eigenvalue weighted by atomic mass is 9.95. The number of nitro benzene ring substituents is 1. The zero-order valence-corrected chi connectivity index (χ0v) is 14.4. The van der Waals surface area contributed by atoms with Crippen molar-refractivity contribution < 1.29 is 25.4 Å². The highest BCUT2D eigenvalue weighted by Crippen LogP contribution is 2.39. The van der Waals surface area contributed by atoms with Gasteiger partial charge in [0.25, 0.3) is 17.4 Å². The topological polar surface area (TPSA) is 128 Å². The smallest absolute Gasteiger partial charge is 0.295 e. The number of amides is 1. The minimum absolute atomic E-state index is 0.0338. The third-order valence-electron chi connectivity index (χ3n) is 4.41. The van der Waals surface area contributed by atoms with Gasteiger partial charge in [-0.15, -0.1) is 0 Å². The number of benzene rings is 2. The van der Waals surface area contributed by atoms with Crippen molar-refractivity contribution in [2.45, 2.75) is 6.04 Å². The molecule has 2 aromatic carbocycles. The summed E-state index contributed by atoms with van der Waals surface area (Å²) in [5, 5.41) is 21.6. The fourth-order valence-electron chi connectivity index (χ4n) is 3.16. The number of aliphatic hydroxyl groups excluding tert-OH is 1. The molecule has 1 heterocycles. The van der Waals surface area contributed by atoms with Crippen molar-refractivity contribution in [2.24, 2.45) is 0 Å². The molecular formula is C19H18N3O5+. The minimum atomic E-state index is -0.826. The van der Waals surface area contributed by atoms with Crippen LogP contribution in [0.5, 0.6) is 0 Å². The van der Waals surface area contributed by atoms with Crippen LogP contribution in [0.2, 0.25) is 0 Å². The van der Waals surface area contributed by atoms with E-state index in [1.807, 2.05) is 0 Å². The molecule has 8 nitrogen and oxygen atoms in total. The lowest BCUT2D eigenvalue weighted by molar-refractivity contribution is -0.384. The molecule has 3 rings (SSSR count). The summed E-state index contributed by atoms with van der Waals surface area (Å²) >= 11 is 0. The maximum Gasteiger partial charge on any atom is 0.295 e. The number of hydrogen-bond donors (Lipinski definition) is 2. The van der Waals surface area contributed by atoms with Gasteiger partial charge < -0.3 is 15.7 Å². The Morgan fingerprint density at radius 2 is 1.74 bits per heavy atom. The van der Waals surface area contributed by atoms with Gasteiger partial charge in [-0.05, 0) is 17.7 Å². The van der Waals surface area contributed by atoms with E-state index in [1.54, 1.807) is 30.3 Å². The molecule has 8 heteroatoms. The van der Waals surface area contributed by atoms with Crippen molar-refractivity contribution in [2.75, 3.05) is 13.1 Å². The quantitative estimate of drug-likeness (QED) is 0.270. The van der Waals surface area contributed by atoms with E-state index in [4.69, 9.17) is 0 Å². The van der Waals surface area contributed by atoms with E-state index in [9.17, 15) is 24.8 Å². The molecule has 2 aromatic rings. The van der Waals surface area contributed by atoms with E-state index in [0.29, 0.717) is 17.7 Å². The summed E-state index contributed by atoms with van der Waals surface area (Å²) in [6.45, 7) is 0.597. The van der Waals surface area contributed by atoms with Crippen LogP contribution in [0.4, 0.5) is 5.69 Å². The molecule has 4 N–H and O–H groups in total. The summed E-state index contributed by atoms with van der Waals surface area (Å²) in [6.07, 6.45) is 0. The highest BCUT2D eigenvalue weighted by molar-refractivity contribution is 6.46. The van der Waals surface area contributed by atoms with Crippen molar-refractivity contribution in [1.82, 2.24) is 4.90 Å². The van der Waals surface area contributed by atoms with Crippen molar-refractivity contribution in [3.8, 4) is 0 Å². The van der Waals surface area contributed by atoms with Crippen LogP contribution in [0, 0.1) is 10.1 Å². The molecule has 1 amide bonds. The van der Waals surface area contributed by atoms with Crippen LogP contribution in [-0.2, 0) is 9.59 Å². The van der Waals surface area contributed by atoms with E-state index >= 15 is 0 Å². The molecule has 0 unspecified atom stereocenters. The SMILES string of the molecule is [NH3+]CCN1C(=O)C(=O)C(=C(O)c2ccccc2)[C@H]1c1ccc([N+](=O)[O-])cc1. The predicted octanol–water partition coefficient (Wildman–Crippen LogP) is 1.26. The standard InChI is InChI=1S/C19H17N3O5/c20-10-11-21-16(12-6-8-14(9-7-12)22(26)27)15(18(24)19(21)25)17(23)13-4-2-1-3-5-13/h1-9,16,23H,10-11,20H2/p+1/t16-/m1/s1. The van der Waals surface area contributed by atoms with Crippen molar-refractivity contribution in [3.05, 3.63) is 81.4 Å². The Labute approximate surface area is 154 Å². The molecule has 0 bridgehead atoms. The number of nitrogens with zero attached hydrogens (tertiary/aromatic N) is 2. The van der Waals surface area contributed by atoms with Crippen LogP contribution in [0.15, 0.2) is 60.2 Å². The van der Waals surface area contributed by atoms with Gasteiger partial charge in [-0.1, -0.05) is 30.3 Å². The lowest BCUT2D eigenvalue weighted by Gasteiger charge is -2.24. The second-order valence-corrected chi connectivity index (χ2v) is 6.06. The monoisotopic (exact) mass is 368 g/mol. The van der Waals surface area contributed by atoms with Crippen molar-refractivity contribution in [3.63, 3.8) is 0 Å². The van der Waals surface area contributed by atoms with E-state index < -0.39 is 22.7 Å². The van der Waals surface area contributed by atoms with E-state index in [2.05, 4.69) is 5.73 Å². The van der Waals surface area contributed by atoms with E-state index in [1.165, 1.54) is 29.2 Å². The first-order valence-corrected chi connectivity index (χ1v) is 8.33. The first kappa shape index (κ1) is 18.3. The maximum atomic E-state index is 12.6. The average Bonchev–Trinajstić information content (AvgIpc) is 2.93. The Balaban J connectivity index is 2.16. The Bertz CT molecular complexity index is 922. The molecule has 1 aliphatic heterocycles. The van der Waals surface area contributed by atoms with Gasteiger partial charge in [-0.25, -0.2) is 0 Å². The van der Waals surface area contributed by atoms with E-state index in [0.717, 1.165) is 0 Å². The lowest BCUT2D eigenvalue weighted by Crippen LogP contribution is -2.55. The first-order chi connectivity index (χ1) is 13.0. The van der Waals surface area contributed by atoms with Crippen molar-refractivity contribution in [1.29, 1.82) is 0 Å². The van der Waals surface area contributed by atoms with Gasteiger partial charge in [0.2, 0.25) is 0 Å². The number of aliphatic hydroxyl groups is 1. The zero-order valence-electron chi connectivity index (χ0n) is 14.4. The zero-order chi connectivity index (χ0) is 19.6. The molecule has 1 aliphatic rings. The Kier molecular flexibility index (Phi) is 5.00. The number of nitro groups is 1. The number of likely N-dealkylation sites (tertiary alicyclic amines) is 1. The van der Waals surface area contributed by atoms with Crippen LogP contribution in [0.3, 0.4) is 0 Å². The van der Waals surface area contributed by atoms with Gasteiger partial charge in [-0.2, -0.15) is 0 Å². The first-order valence-electron chi connectivity index (χ1n) is 8.33. The Hall–Kier alpha value is -3.52. The fraction of sp³-hybridized carbons (Fsp3) is 0.158. The molecular weight excluding hydrogens is 350 g/mol. The number of non-ortho nitro benzene ring substituents is 1. The molecule has 0 aromatic heterocycles. The minimum Gasteiger partial charge on any atom is -0.507 e. The number of Topliss-reactive ketones (excluding diaryl/α,β-unsaturated/α-hetero) is 1. The highest BCUT2D eigenvalue weighted by Gasteiger charge is 2.46. The average molecular weight is 368 g/mol. The predicted molar refractivity (Wildman–Crippen MR) is 96.3 cm³/mol. The van der Waals surface area contributed by atoms with Gasteiger partial charge in [-0.3, -0.25) is 19.7 Å². The number of ketones is 1. The molecule has 0 spiro atoms. The summed E-state index contributed by atoms with van der Waals surface area (Å²) in [7, 11) is 0. The maximum absolute atomic E-state index is 12.6. The van der Waals surface area contributed by atoms with Crippen LogP contribution >= 0.6 is 0 Å². The molecule has 1 fully saturated rings. The van der Waals surface area contributed by atoms with Crippen LogP contribution in [0.25, 0.3) is 5.76 Å². The summed E-state index contributed by atoms with van der Waals surface area (Å²) in [4.78, 5) is 36.8. The number of carbonyl (C=O) groups excluding carboxylic acids is 2. The highest BCUT2D eigenvalue weighted by atomic mass is 16.6. The van der Waals surface area contributed by atoms with Crippen molar-refractivity contribution >= 4 is 23.1 Å². The van der Waals surface area contributed by atoms with Gasteiger partial charge in [0.05, 0.1) is 29.6 Å². The molecule has 0 saturated carbocycles. The third kappa shape index (κ3) is 3.30. The Morgan fingerprint density at radius 3 is 2.30 bits per heavy atom. The van der Waals surface area contributed by atoms with Crippen LogP contribution in [0.1, 0.15) is 17.2 Å². The van der Waals surface area contributed by atoms with Gasteiger partial charge >= 0.3 is 0 Å². The summed E-state index contributed by atoms with van der Waals surface area (Å²) in [5.41, 5.74) is 4.51.